The third-order valence-electron chi connectivity index (χ3n) is 3.41. The molecule has 19 heavy (non-hydrogen) atoms. The van der Waals surface area contributed by atoms with Gasteiger partial charge in [-0.15, -0.1) is 11.3 Å². The fourth-order valence-electron chi connectivity index (χ4n) is 2.25. The van der Waals surface area contributed by atoms with Crippen molar-refractivity contribution in [1.29, 1.82) is 0 Å². The minimum Gasteiger partial charge on any atom is -0.337 e. The summed E-state index contributed by atoms with van der Waals surface area (Å²) in [6, 6.07) is 6.04. The molecule has 2 aromatic rings. The van der Waals surface area contributed by atoms with Crippen molar-refractivity contribution in [1.82, 2.24) is 15.1 Å². The summed E-state index contributed by atoms with van der Waals surface area (Å²) in [5.41, 5.74) is 7.23. The van der Waals surface area contributed by atoms with Crippen molar-refractivity contribution in [2.45, 2.75) is 18.9 Å². The first-order chi connectivity index (χ1) is 9.24. The minimum atomic E-state index is -0.00837. The second kappa shape index (κ2) is 5.14. The number of H-pyrrole nitrogens is 1. The molecule has 0 bridgehead atoms. The Hall–Kier alpha value is -1.66. The number of aromatic nitrogens is 2. The fraction of sp³-hybridized carbons (Fsp3) is 0.385. The van der Waals surface area contributed by atoms with Gasteiger partial charge >= 0.3 is 0 Å². The number of rotatable bonds is 2. The van der Waals surface area contributed by atoms with E-state index in [9.17, 15) is 4.79 Å². The van der Waals surface area contributed by atoms with E-state index in [1.165, 1.54) is 0 Å². The molecule has 1 saturated heterocycles. The molecule has 0 saturated carbocycles. The van der Waals surface area contributed by atoms with Gasteiger partial charge in [0.15, 0.2) is 5.69 Å². The molecule has 0 spiro atoms. The summed E-state index contributed by atoms with van der Waals surface area (Å²) < 4.78 is 0. The third kappa shape index (κ3) is 2.54. The van der Waals surface area contributed by atoms with E-state index in [-0.39, 0.29) is 11.9 Å². The number of nitrogens with two attached hydrogens (primary N) is 1. The van der Waals surface area contributed by atoms with Crippen LogP contribution in [0.2, 0.25) is 0 Å². The average molecular weight is 276 g/mol. The molecule has 1 amide bonds. The summed E-state index contributed by atoms with van der Waals surface area (Å²) >= 11 is 1.62. The van der Waals surface area contributed by atoms with Crippen molar-refractivity contribution in [3.05, 3.63) is 29.3 Å². The van der Waals surface area contributed by atoms with Gasteiger partial charge in [-0.25, -0.2) is 0 Å². The van der Waals surface area contributed by atoms with E-state index in [0.717, 1.165) is 36.5 Å². The highest BCUT2D eigenvalue weighted by Crippen LogP contribution is 2.23. The van der Waals surface area contributed by atoms with Crippen LogP contribution in [0.1, 0.15) is 23.3 Å². The van der Waals surface area contributed by atoms with E-state index in [0.29, 0.717) is 5.69 Å². The lowest BCUT2D eigenvalue weighted by molar-refractivity contribution is 0.0709. The van der Waals surface area contributed by atoms with Gasteiger partial charge in [0.05, 0.1) is 10.6 Å². The summed E-state index contributed by atoms with van der Waals surface area (Å²) in [7, 11) is 0. The van der Waals surface area contributed by atoms with Crippen LogP contribution in [0.4, 0.5) is 0 Å². The lowest BCUT2D eigenvalue weighted by Gasteiger charge is -2.29. The van der Waals surface area contributed by atoms with Crippen molar-refractivity contribution in [2.24, 2.45) is 5.73 Å². The van der Waals surface area contributed by atoms with Gasteiger partial charge in [0.1, 0.15) is 0 Å². The number of piperidine rings is 1. The van der Waals surface area contributed by atoms with Crippen LogP contribution >= 0.6 is 11.3 Å². The Kier molecular flexibility index (Phi) is 3.35. The summed E-state index contributed by atoms with van der Waals surface area (Å²) in [4.78, 5) is 15.2. The lowest BCUT2D eigenvalue weighted by Crippen LogP contribution is -2.42. The standard InChI is InChI=1S/C13H16N4OS/c14-9-3-5-17(6-4-9)13(18)11-8-10(15-16-11)12-2-1-7-19-12/h1-2,7-9H,3-6,14H2,(H,15,16). The van der Waals surface area contributed by atoms with Gasteiger partial charge in [-0.05, 0) is 30.4 Å². The summed E-state index contributed by atoms with van der Waals surface area (Å²) in [5.74, 6) is -0.00837. The van der Waals surface area contributed by atoms with Gasteiger partial charge in [0.2, 0.25) is 0 Å². The molecule has 1 aliphatic rings. The Balaban J connectivity index is 1.74. The number of thiophene rings is 1. The van der Waals surface area contributed by atoms with Gasteiger partial charge < -0.3 is 10.6 Å². The zero-order chi connectivity index (χ0) is 13.2. The molecule has 0 atom stereocenters. The van der Waals surface area contributed by atoms with E-state index in [2.05, 4.69) is 10.2 Å². The monoisotopic (exact) mass is 276 g/mol. The molecule has 3 N–H and O–H groups in total. The van der Waals surface area contributed by atoms with Crippen molar-refractivity contribution >= 4 is 17.2 Å². The van der Waals surface area contributed by atoms with Gasteiger partial charge in [-0.1, -0.05) is 6.07 Å². The first kappa shape index (κ1) is 12.4. The Labute approximate surface area is 115 Å². The van der Waals surface area contributed by atoms with Gasteiger partial charge in [0, 0.05) is 19.1 Å². The number of carbonyl (C=O) groups is 1. The molecule has 6 heteroatoms. The van der Waals surface area contributed by atoms with E-state index >= 15 is 0 Å². The number of carbonyl (C=O) groups excluding carboxylic acids is 1. The van der Waals surface area contributed by atoms with Crippen LogP contribution in [0.25, 0.3) is 10.6 Å². The Bertz CT molecular complexity index is 555. The number of likely N-dealkylation sites (tertiary alicyclic amines) is 1. The van der Waals surface area contributed by atoms with Crippen LogP contribution in [-0.2, 0) is 0 Å². The number of hydrogen-bond acceptors (Lipinski definition) is 4. The highest BCUT2D eigenvalue weighted by molar-refractivity contribution is 7.13. The average Bonchev–Trinajstić information content (AvgIpc) is 3.10. The number of nitrogens with one attached hydrogen (secondary N) is 1. The van der Waals surface area contributed by atoms with Crippen LogP contribution in [0, 0.1) is 0 Å². The zero-order valence-electron chi connectivity index (χ0n) is 10.5. The van der Waals surface area contributed by atoms with Crippen LogP contribution in [0.5, 0.6) is 0 Å². The first-order valence-corrected chi connectivity index (χ1v) is 7.26. The molecule has 0 radical (unpaired) electrons. The normalized spacial score (nSPS) is 16.8. The fourth-order valence-corrected chi connectivity index (χ4v) is 2.95. The number of amides is 1. The zero-order valence-corrected chi connectivity index (χ0v) is 11.3. The molecule has 100 valence electrons. The van der Waals surface area contributed by atoms with E-state index in [1.54, 1.807) is 11.3 Å². The first-order valence-electron chi connectivity index (χ1n) is 6.38. The molecule has 5 nitrogen and oxygen atoms in total. The van der Waals surface area contributed by atoms with E-state index in [1.807, 2.05) is 28.5 Å². The van der Waals surface area contributed by atoms with Gasteiger partial charge in [0.25, 0.3) is 5.91 Å². The molecule has 0 aliphatic carbocycles. The molecule has 3 heterocycles. The number of hydrogen-bond donors (Lipinski definition) is 2. The maximum absolute atomic E-state index is 12.3. The van der Waals surface area contributed by atoms with Crippen molar-refractivity contribution in [2.75, 3.05) is 13.1 Å². The topological polar surface area (TPSA) is 75.0 Å². The second-order valence-electron chi connectivity index (χ2n) is 4.77. The van der Waals surface area contributed by atoms with Crippen LogP contribution in [0.3, 0.4) is 0 Å². The quantitative estimate of drug-likeness (QED) is 0.876. The third-order valence-corrected chi connectivity index (χ3v) is 4.31. The van der Waals surface area contributed by atoms with Crippen LogP contribution in [0.15, 0.2) is 23.6 Å². The highest BCUT2D eigenvalue weighted by atomic mass is 32.1. The predicted octanol–water partition coefficient (Wildman–Crippen LogP) is 1.70. The second-order valence-corrected chi connectivity index (χ2v) is 5.72. The van der Waals surface area contributed by atoms with Gasteiger partial charge in [-0.2, -0.15) is 5.10 Å². The largest absolute Gasteiger partial charge is 0.337 e. The Morgan fingerprint density at radius 2 is 2.26 bits per heavy atom. The molecule has 1 aliphatic heterocycles. The maximum atomic E-state index is 12.3. The molecule has 2 aromatic heterocycles. The summed E-state index contributed by atoms with van der Waals surface area (Å²) in [5, 5.41) is 9.05. The summed E-state index contributed by atoms with van der Waals surface area (Å²) in [6.45, 7) is 1.45. The molecule has 3 rings (SSSR count). The van der Waals surface area contributed by atoms with E-state index in [4.69, 9.17) is 5.73 Å². The van der Waals surface area contributed by atoms with Crippen LogP contribution in [-0.4, -0.2) is 40.1 Å². The van der Waals surface area contributed by atoms with Crippen molar-refractivity contribution in [3.63, 3.8) is 0 Å². The van der Waals surface area contributed by atoms with Crippen molar-refractivity contribution in [3.8, 4) is 10.6 Å². The number of aromatic amines is 1. The van der Waals surface area contributed by atoms with Crippen molar-refractivity contribution < 1.29 is 4.79 Å². The number of nitrogens with zero attached hydrogens (tertiary/aromatic N) is 2. The minimum absolute atomic E-state index is 0.00837. The molecular weight excluding hydrogens is 260 g/mol. The maximum Gasteiger partial charge on any atom is 0.274 e. The molecule has 0 aromatic carbocycles. The van der Waals surface area contributed by atoms with E-state index < -0.39 is 0 Å². The SMILES string of the molecule is NC1CCN(C(=O)c2cc(-c3cccs3)[nH]n2)CC1. The molecule has 1 fully saturated rings. The summed E-state index contributed by atoms with van der Waals surface area (Å²) in [6.07, 6.45) is 1.74. The lowest BCUT2D eigenvalue weighted by atomic mass is 10.1. The predicted molar refractivity (Wildman–Crippen MR) is 75.0 cm³/mol. The highest BCUT2D eigenvalue weighted by Gasteiger charge is 2.23. The molecule has 0 unspecified atom stereocenters. The van der Waals surface area contributed by atoms with Crippen LogP contribution < -0.4 is 5.73 Å². The smallest absolute Gasteiger partial charge is 0.274 e. The Morgan fingerprint density at radius 3 is 2.95 bits per heavy atom. The van der Waals surface area contributed by atoms with Gasteiger partial charge in [-0.3, -0.25) is 9.89 Å². The molecular formula is C13H16N4OS. The Morgan fingerprint density at radius 1 is 1.47 bits per heavy atom.